The number of hydrogen-bond acceptors (Lipinski definition) is 3. The van der Waals surface area contributed by atoms with Crippen LogP contribution in [0.25, 0.3) is 0 Å². The van der Waals surface area contributed by atoms with Crippen LogP contribution in [0, 0.1) is 5.92 Å². The van der Waals surface area contributed by atoms with Crippen LogP contribution in [0.15, 0.2) is 17.0 Å². The number of hydrogen-bond donors (Lipinski definition) is 2. The zero-order chi connectivity index (χ0) is 21.1. The average Bonchev–Trinajstić information content (AvgIpc) is 2.51. The summed E-state index contributed by atoms with van der Waals surface area (Å²) < 4.78 is 29.0. The number of carboxylic acid groups (broad SMARTS) is 1. The van der Waals surface area contributed by atoms with Gasteiger partial charge in [0.2, 0.25) is 10.0 Å². The smallest absolute Gasteiger partial charge is 0.321 e. The Balaban J connectivity index is 3.63. The van der Waals surface area contributed by atoms with Gasteiger partial charge in [0.05, 0.1) is 4.90 Å². The van der Waals surface area contributed by atoms with E-state index in [9.17, 15) is 18.3 Å². The molecule has 0 bridgehead atoms. The molecular formula is C21H35NO4S. The molecule has 0 aliphatic heterocycles. The van der Waals surface area contributed by atoms with Crippen LogP contribution in [0.5, 0.6) is 0 Å². The third kappa shape index (κ3) is 6.04. The molecule has 1 rings (SSSR count). The highest BCUT2D eigenvalue weighted by Crippen LogP contribution is 2.35. The molecule has 1 atom stereocenters. The van der Waals surface area contributed by atoms with Gasteiger partial charge in [-0.3, -0.25) is 4.79 Å². The van der Waals surface area contributed by atoms with E-state index in [0.29, 0.717) is 0 Å². The molecule has 0 amide bonds. The van der Waals surface area contributed by atoms with Gasteiger partial charge in [-0.15, -0.1) is 0 Å². The van der Waals surface area contributed by atoms with Gasteiger partial charge in [0.1, 0.15) is 6.04 Å². The number of benzene rings is 1. The van der Waals surface area contributed by atoms with Crippen molar-refractivity contribution in [2.75, 3.05) is 0 Å². The van der Waals surface area contributed by atoms with Crippen molar-refractivity contribution in [3.8, 4) is 0 Å². The molecule has 0 fully saturated rings. The van der Waals surface area contributed by atoms with Gasteiger partial charge in [-0.25, -0.2) is 8.42 Å². The molecule has 0 aliphatic rings. The largest absolute Gasteiger partial charge is 0.480 e. The van der Waals surface area contributed by atoms with E-state index < -0.39 is 22.0 Å². The fourth-order valence-electron chi connectivity index (χ4n) is 3.12. The van der Waals surface area contributed by atoms with E-state index in [-0.39, 0.29) is 35.0 Å². The van der Waals surface area contributed by atoms with Crippen LogP contribution >= 0.6 is 0 Å². The van der Waals surface area contributed by atoms with Crippen molar-refractivity contribution in [2.45, 2.75) is 90.5 Å². The summed E-state index contributed by atoms with van der Waals surface area (Å²) in [6.07, 6.45) is 0.243. The van der Waals surface area contributed by atoms with Gasteiger partial charge in [-0.1, -0.05) is 67.5 Å². The van der Waals surface area contributed by atoms with E-state index in [1.165, 1.54) is 0 Å². The molecule has 0 unspecified atom stereocenters. The summed E-state index contributed by atoms with van der Waals surface area (Å²) in [5, 5.41) is 9.48. The van der Waals surface area contributed by atoms with Gasteiger partial charge < -0.3 is 5.11 Å². The lowest BCUT2D eigenvalue weighted by atomic mass is 9.89. The van der Waals surface area contributed by atoms with Crippen molar-refractivity contribution in [1.82, 2.24) is 4.72 Å². The second-order valence-corrected chi connectivity index (χ2v) is 10.3. The molecule has 0 saturated heterocycles. The van der Waals surface area contributed by atoms with E-state index in [2.05, 4.69) is 18.6 Å². The molecule has 2 N–H and O–H groups in total. The number of aliphatic carboxylic acids is 1. The van der Waals surface area contributed by atoms with Crippen molar-refractivity contribution in [3.63, 3.8) is 0 Å². The maximum atomic E-state index is 13.3. The Morgan fingerprint density at radius 2 is 1.37 bits per heavy atom. The van der Waals surface area contributed by atoms with Gasteiger partial charge in [0.25, 0.3) is 0 Å². The standard InChI is InChI=1S/C21H35NO4S/c1-12(2)9-19(21(23)24)22-27(25,26)20-17(14(5)6)10-16(13(3)4)11-18(20)15(7)8/h10-15,19,22H,9H2,1-8H3,(H,23,24)/t19-/m1/s1. The molecule has 1 aromatic rings. The molecule has 1 aromatic carbocycles. The van der Waals surface area contributed by atoms with E-state index in [1.54, 1.807) is 0 Å². The summed E-state index contributed by atoms with van der Waals surface area (Å²) in [5.74, 6) is -0.811. The minimum absolute atomic E-state index is 0.00107. The Bertz CT molecular complexity index is 735. The summed E-state index contributed by atoms with van der Waals surface area (Å²) in [5.41, 5.74) is 2.58. The van der Waals surface area contributed by atoms with Crippen LogP contribution in [0.3, 0.4) is 0 Å². The highest BCUT2D eigenvalue weighted by atomic mass is 32.2. The van der Waals surface area contributed by atoms with Crippen molar-refractivity contribution >= 4 is 16.0 Å². The molecule has 0 radical (unpaired) electrons. The first-order valence-electron chi connectivity index (χ1n) is 9.70. The molecule has 0 aromatic heterocycles. The third-order valence-electron chi connectivity index (χ3n) is 4.65. The van der Waals surface area contributed by atoms with Gasteiger partial charge in [0, 0.05) is 0 Å². The highest BCUT2D eigenvalue weighted by molar-refractivity contribution is 7.89. The minimum Gasteiger partial charge on any atom is -0.480 e. The molecule has 5 nitrogen and oxygen atoms in total. The minimum atomic E-state index is -3.97. The number of carboxylic acids is 1. The van der Waals surface area contributed by atoms with Gasteiger partial charge in [-0.2, -0.15) is 4.72 Å². The van der Waals surface area contributed by atoms with Crippen LogP contribution in [0.4, 0.5) is 0 Å². The summed E-state index contributed by atoms with van der Waals surface area (Å²) >= 11 is 0. The van der Waals surface area contributed by atoms with Gasteiger partial charge in [0.15, 0.2) is 0 Å². The van der Waals surface area contributed by atoms with Crippen LogP contribution in [-0.2, 0) is 14.8 Å². The third-order valence-corrected chi connectivity index (χ3v) is 6.25. The molecule has 0 aliphatic carbocycles. The summed E-state index contributed by atoms with van der Waals surface area (Å²) in [6, 6.07) is 2.77. The average molecular weight is 398 g/mol. The Morgan fingerprint density at radius 3 is 1.67 bits per heavy atom. The molecule has 27 heavy (non-hydrogen) atoms. The molecule has 0 saturated carbocycles. The van der Waals surface area contributed by atoms with Crippen LogP contribution in [-0.4, -0.2) is 25.5 Å². The summed E-state index contributed by atoms with van der Waals surface area (Å²) in [4.78, 5) is 11.8. The van der Waals surface area contributed by atoms with Crippen LogP contribution in [0.2, 0.25) is 0 Å². The number of sulfonamides is 1. The maximum absolute atomic E-state index is 13.3. The Labute approximate surface area is 164 Å². The molecule has 6 heteroatoms. The Morgan fingerprint density at radius 1 is 0.926 bits per heavy atom. The van der Waals surface area contributed by atoms with Crippen molar-refractivity contribution < 1.29 is 18.3 Å². The van der Waals surface area contributed by atoms with Gasteiger partial charge in [-0.05, 0) is 46.8 Å². The quantitative estimate of drug-likeness (QED) is 0.625. The predicted octanol–water partition coefficient (Wildman–Crippen LogP) is 4.83. The highest BCUT2D eigenvalue weighted by Gasteiger charge is 2.31. The SMILES string of the molecule is CC(C)C[C@@H](NS(=O)(=O)c1c(C(C)C)cc(C(C)C)cc1C(C)C)C(=O)O. The Hall–Kier alpha value is -1.40. The lowest BCUT2D eigenvalue weighted by Gasteiger charge is -2.24. The molecule has 0 spiro atoms. The zero-order valence-corrected chi connectivity index (χ0v) is 18.6. The monoisotopic (exact) mass is 397 g/mol. The summed E-state index contributed by atoms with van der Waals surface area (Å²) in [7, 11) is -3.97. The topological polar surface area (TPSA) is 83.5 Å². The first-order chi connectivity index (χ1) is 12.3. The second-order valence-electron chi connectivity index (χ2n) is 8.63. The normalized spacial score (nSPS) is 13.8. The molecular weight excluding hydrogens is 362 g/mol. The van der Waals surface area contributed by atoms with Crippen molar-refractivity contribution in [1.29, 1.82) is 0 Å². The maximum Gasteiger partial charge on any atom is 0.321 e. The predicted molar refractivity (Wildman–Crippen MR) is 110 cm³/mol. The van der Waals surface area contributed by atoms with E-state index in [0.717, 1.165) is 16.7 Å². The van der Waals surface area contributed by atoms with E-state index in [4.69, 9.17) is 0 Å². The second kappa shape index (κ2) is 9.20. The van der Waals surface area contributed by atoms with E-state index >= 15 is 0 Å². The first-order valence-corrected chi connectivity index (χ1v) is 11.2. The summed E-state index contributed by atoms with van der Waals surface area (Å²) in [6.45, 7) is 15.8. The van der Waals surface area contributed by atoms with Crippen LogP contribution < -0.4 is 4.72 Å². The number of carbonyl (C=O) groups is 1. The first kappa shape index (κ1) is 23.6. The lowest BCUT2D eigenvalue weighted by molar-refractivity contribution is -0.139. The fourth-order valence-corrected chi connectivity index (χ4v) is 5.02. The molecule has 154 valence electrons. The zero-order valence-electron chi connectivity index (χ0n) is 17.8. The van der Waals surface area contributed by atoms with Crippen LogP contribution in [0.1, 0.15) is 96.3 Å². The van der Waals surface area contributed by atoms with E-state index in [1.807, 2.05) is 53.7 Å². The lowest BCUT2D eigenvalue weighted by Crippen LogP contribution is -2.42. The van der Waals surface area contributed by atoms with Crippen molar-refractivity contribution in [3.05, 3.63) is 28.8 Å². The fraction of sp³-hybridized carbons (Fsp3) is 0.667. The Kier molecular flexibility index (Phi) is 8.05. The van der Waals surface area contributed by atoms with Crippen molar-refractivity contribution in [2.24, 2.45) is 5.92 Å². The van der Waals surface area contributed by atoms with Gasteiger partial charge >= 0.3 is 5.97 Å². The molecule has 0 heterocycles. The number of nitrogens with one attached hydrogen (secondary N) is 1. The number of rotatable bonds is 9.